The van der Waals surface area contributed by atoms with Crippen LogP contribution >= 0.6 is 10.7 Å². The van der Waals surface area contributed by atoms with E-state index in [-0.39, 0.29) is 0 Å². The van der Waals surface area contributed by atoms with Gasteiger partial charge in [0.2, 0.25) is 5.88 Å². The van der Waals surface area contributed by atoms with Gasteiger partial charge < -0.3 is 4.74 Å². The maximum Gasteiger partial charge on any atom is 0.417 e. The van der Waals surface area contributed by atoms with Crippen molar-refractivity contribution in [2.45, 2.75) is 17.2 Å². The van der Waals surface area contributed by atoms with Crippen LogP contribution in [0.4, 0.5) is 26.3 Å². The number of nitrogens with zero attached hydrogens (tertiary/aromatic N) is 1. The Hall–Kier alpha value is -2.01. The summed E-state index contributed by atoms with van der Waals surface area (Å²) in [6.07, 6.45) is -9.24. The SMILES string of the molecule is O=S(=O)(Cl)c1ccc(Oc2ccc(C(F)(F)F)cn2)cc1C(F)(F)F. The number of benzene rings is 1. The summed E-state index contributed by atoms with van der Waals surface area (Å²) >= 11 is 0. The van der Waals surface area contributed by atoms with Gasteiger partial charge in [-0.25, -0.2) is 13.4 Å². The predicted octanol–water partition coefficient (Wildman–Crippen LogP) is 4.84. The third kappa shape index (κ3) is 4.75. The van der Waals surface area contributed by atoms with Crippen molar-refractivity contribution < 1.29 is 39.5 Å². The van der Waals surface area contributed by atoms with Crippen molar-refractivity contribution >= 4 is 19.7 Å². The van der Waals surface area contributed by atoms with Crippen LogP contribution in [-0.4, -0.2) is 13.4 Å². The molecule has 0 aliphatic heterocycles. The van der Waals surface area contributed by atoms with Crippen LogP contribution in [-0.2, 0) is 21.4 Å². The molecule has 136 valence electrons. The molecule has 0 aliphatic rings. The Labute approximate surface area is 141 Å². The zero-order valence-electron chi connectivity index (χ0n) is 11.7. The molecule has 1 aromatic carbocycles. The van der Waals surface area contributed by atoms with Crippen LogP contribution in [0.1, 0.15) is 11.1 Å². The average molecular weight is 406 g/mol. The lowest BCUT2D eigenvalue weighted by atomic mass is 10.2. The number of aromatic nitrogens is 1. The number of ether oxygens (including phenoxy) is 1. The second-order valence-corrected chi connectivity index (χ2v) is 7.11. The van der Waals surface area contributed by atoms with E-state index in [1.165, 1.54) is 0 Å². The summed E-state index contributed by atoms with van der Waals surface area (Å²) < 4.78 is 103. The number of hydrogen-bond acceptors (Lipinski definition) is 4. The van der Waals surface area contributed by atoms with Gasteiger partial charge in [0, 0.05) is 22.9 Å². The molecule has 0 aliphatic carbocycles. The maximum absolute atomic E-state index is 13.0. The third-order valence-corrected chi connectivity index (χ3v) is 4.19. The quantitative estimate of drug-likeness (QED) is 0.541. The van der Waals surface area contributed by atoms with Crippen molar-refractivity contribution in [3.05, 3.63) is 47.7 Å². The Morgan fingerprint density at radius 2 is 1.60 bits per heavy atom. The molecule has 12 heteroatoms. The number of rotatable bonds is 3. The lowest BCUT2D eigenvalue weighted by Crippen LogP contribution is -2.11. The fraction of sp³-hybridized carbons (Fsp3) is 0.154. The molecule has 0 saturated heterocycles. The van der Waals surface area contributed by atoms with Gasteiger partial charge >= 0.3 is 12.4 Å². The van der Waals surface area contributed by atoms with Crippen LogP contribution in [0.15, 0.2) is 41.4 Å². The highest BCUT2D eigenvalue weighted by atomic mass is 35.7. The predicted molar refractivity (Wildman–Crippen MR) is 73.8 cm³/mol. The summed E-state index contributed by atoms with van der Waals surface area (Å²) in [4.78, 5) is 2.16. The van der Waals surface area contributed by atoms with Crippen LogP contribution in [0.3, 0.4) is 0 Å². The molecule has 0 amide bonds. The first kappa shape index (κ1) is 19.3. The first-order valence-electron chi connectivity index (χ1n) is 6.15. The zero-order chi connectivity index (χ0) is 19.0. The van der Waals surface area contributed by atoms with Gasteiger partial charge in [-0.3, -0.25) is 0 Å². The molecule has 0 N–H and O–H groups in total. The summed E-state index contributed by atoms with van der Waals surface area (Å²) in [6, 6.07) is 3.23. The molecule has 0 radical (unpaired) electrons. The van der Waals surface area contributed by atoms with Crippen molar-refractivity contribution in [1.82, 2.24) is 4.98 Å². The van der Waals surface area contributed by atoms with Crippen molar-refractivity contribution in [2.24, 2.45) is 0 Å². The summed E-state index contributed by atoms with van der Waals surface area (Å²) in [5.41, 5.74) is -2.65. The van der Waals surface area contributed by atoms with Crippen molar-refractivity contribution in [3.63, 3.8) is 0 Å². The van der Waals surface area contributed by atoms with Gasteiger partial charge in [0.1, 0.15) is 5.75 Å². The first-order valence-corrected chi connectivity index (χ1v) is 8.46. The maximum atomic E-state index is 13.0. The van der Waals surface area contributed by atoms with E-state index in [0.29, 0.717) is 24.4 Å². The second-order valence-electron chi connectivity index (χ2n) is 4.58. The number of alkyl halides is 6. The van der Waals surface area contributed by atoms with Gasteiger partial charge in [-0.1, -0.05) is 0 Å². The highest BCUT2D eigenvalue weighted by Gasteiger charge is 2.37. The molecule has 0 bridgehead atoms. The van der Waals surface area contributed by atoms with E-state index in [1.54, 1.807) is 0 Å². The lowest BCUT2D eigenvalue weighted by Gasteiger charge is -2.13. The first-order chi connectivity index (χ1) is 11.3. The highest BCUT2D eigenvalue weighted by molar-refractivity contribution is 8.13. The summed E-state index contributed by atoms with van der Waals surface area (Å²) in [6.45, 7) is 0. The standard InChI is InChI=1S/C13H6ClF6NO3S/c14-25(22,23)10-3-2-8(5-9(10)13(18,19)20)24-11-4-1-7(6-21-11)12(15,16)17/h1-6H. The molecule has 2 aromatic rings. The lowest BCUT2D eigenvalue weighted by molar-refractivity contribution is -0.140. The second kappa shape index (κ2) is 6.37. The van der Waals surface area contributed by atoms with Crippen molar-refractivity contribution in [3.8, 4) is 11.6 Å². The molecule has 0 fully saturated rings. The minimum Gasteiger partial charge on any atom is -0.439 e. The molecule has 0 saturated carbocycles. The molecule has 4 nitrogen and oxygen atoms in total. The minimum absolute atomic E-state index is 0.356. The molecule has 0 atom stereocenters. The molecule has 1 heterocycles. The molecule has 0 unspecified atom stereocenters. The monoisotopic (exact) mass is 405 g/mol. The number of pyridine rings is 1. The van der Waals surface area contributed by atoms with Crippen LogP contribution in [0.2, 0.25) is 0 Å². The fourth-order valence-electron chi connectivity index (χ4n) is 1.74. The Morgan fingerprint density at radius 1 is 0.960 bits per heavy atom. The van der Waals surface area contributed by atoms with Gasteiger partial charge in [0.25, 0.3) is 9.05 Å². The van der Waals surface area contributed by atoms with E-state index in [9.17, 15) is 34.8 Å². The topological polar surface area (TPSA) is 56.3 Å². The van der Waals surface area contributed by atoms with Crippen LogP contribution in [0, 0.1) is 0 Å². The minimum atomic E-state index is -5.05. The Morgan fingerprint density at radius 3 is 2.04 bits per heavy atom. The van der Waals surface area contributed by atoms with Crippen LogP contribution in [0.25, 0.3) is 0 Å². The van der Waals surface area contributed by atoms with Crippen molar-refractivity contribution in [1.29, 1.82) is 0 Å². The Kier molecular flexibility index (Phi) is 4.92. The van der Waals surface area contributed by atoms with E-state index in [4.69, 9.17) is 15.4 Å². The Bertz CT molecular complexity index is 878. The van der Waals surface area contributed by atoms with Crippen LogP contribution < -0.4 is 4.74 Å². The van der Waals surface area contributed by atoms with E-state index >= 15 is 0 Å². The molecular formula is C13H6ClF6NO3S. The summed E-state index contributed by atoms with van der Waals surface area (Å²) in [7, 11) is 0.283. The number of halogens is 7. The summed E-state index contributed by atoms with van der Waals surface area (Å²) in [5, 5.41) is 0. The Balaban J connectivity index is 2.38. The van der Waals surface area contributed by atoms with Gasteiger partial charge in [0.15, 0.2) is 0 Å². The molecule has 0 spiro atoms. The zero-order valence-corrected chi connectivity index (χ0v) is 13.3. The fourth-order valence-corrected chi connectivity index (χ4v) is 2.81. The largest absolute Gasteiger partial charge is 0.439 e. The third-order valence-electron chi connectivity index (χ3n) is 2.81. The van der Waals surface area contributed by atoms with Gasteiger partial charge in [-0.05, 0) is 24.3 Å². The van der Waals surface area contributed by atoms with Gasteiger partial charge in [0.05, 0.1) is 16.0 Å². The summed E-state index contributed by atoms with van der Waals surface area (Å²) in [5.74, 6) is -0.897. The van der Waals surface area contributed by atoms with Crippen molar-refractivity contribution in [2.75, 3.05) is 0 Å². The van der Waals surface area contributed by atoms with E-state index in [2.05, 4.69) is 4.98 Å². The number of hydrogen-bond donors (Lipinski definition) is 0. The smallest absolute Gasteiger partial charge is 0.417 e. The normalized spacial score (nSPS) is 12.9. The highest BCUT2D eigenvalue weighted by Crippen LogP contribution is 2.38. The van der Waals surface area contributed by atoms with E-state index in [0.717, 1.165) is 12.1 Å². The van der Waals surface area contributed by atoms with Gasteiger partial charge in [-0.2, -0.15) is 26.3 Å². The molecule has 25 heavy (non-hydrogen) atoms. The van der Waals surface area contributed by atoms with Gasteiger partial charge in [-0.15, -0.1) is 0 Å². The van der Waals surface area contributed by atoms with E-state index in [1.807, 2.05) is 0 Å². The van der Waals surface area contributed by atoms with Crippen LogP contribution in [0.5, 0.6) is 11.6 Å². The molecule has 2 rings (SSSR count). The molecule has 1 aromatic heterocycles. The molecular weight excluding hydrogens is 400 g/mol. The van der Waals surface area contributed by atoms with E-state index < -0.39 is 49.1 Å². The average Bonchev–Trinajstić information content (AvgIpc) is 2.45.